The molecule has 2 N–H and O–H groups in total. The molecule has 2 amide bonds. The molecule has 0 saturated heterocycles. The van der Waals surface area contributed by atoms with Crippen LogP contribution in [0.2, 0.25) is 0 Å². The molecule has 0 radical (unpaired) electrons. The second kappa shape index (κ2) is 7.29. The Hall–Kier alpha value is -2.63. The monoisotopic (exact) mass is 328 g/mol. The van der Waals surface area contributed by atoms with E-state index in [1.54, 1.807) is 18.7 Å². The molecule has 0 aliphatic rings. The fourth-order valence-corrected chi connectivity index (χ4v) is 2.55. The molecule has 1 heterocycles. The van der Waals surface area contributed by atoms with Gasteiger partial charge in [0.25, 0.3) is 0 Å². The van der Waals surface area contributed by atoms with Gasteiger partial charge in [-0.2, -0.15) is 5.10 Å². The maximum atomic E-state index is 12.1. The highest BCUT2D eigenvalue weighted by Crippen LogP contribution is 2.18. The number of carbonyl (C=O) groups excluding carboxylic acids is 2. The van der Waals surface area contributed by atoms with Crippen LogP contribution in [0.1, 0.15) is 35.4 Å². The number of nitrogens with one attached hydrogen (secondary N) is 2. The van der Waals surface area contributed by atoms with Crippen LogP contribution in [0.5, 0.6) is 0 Å². The summed E-state index contributed by atoms with van der Waals surface area (Å²) < 4.78 is 1.67. The van der Waals surface area contributed by atoms with Crippen LogP contribution >= 0.6 is 0 Å². The summed E-state index contributed by atoms with van der Waals surface area (Å²) in [6.45, 7) is 8.08. The lowest BCUT2D eigenvalue weighted by Crippen LogP contribution is -2.37. The summed E-state index contributed by atoms with van der Waals surface area (Å²) >= 11 is 0. The molecule has 128 valence electrons. The van der Waals surface area contributed by atoms with Crippen LogP contribution in [-0.4, -0.2) is 28.1 Å². The molecule has 1 atom stereocenters. The number of benzene rings is 1. The average molecular weight is 328 g/mol. The van der Waals surface area contributed by atoms with E-state index in [0.717, 1.165) is 11.3 Å². The van der Waals surface area contributed by atoms with Crippen molar-refractivity contribution in [2.24, 2.45) is 7.05 Å². The molecule has 6 nitrogen and oxygen atoms in total. The zero-order valence-electron chi connectivity index (χ0n) is 14.8. The van der Waals surface area contributed by atoms with E-state index in [0.29, 0.717) is 17.9 Å². The Labute approximate surface area is 142 Å². The fourth-order valence-electron chi connectivity index (χ4n) is 2.55. The molecule has 2 aromatic rings. The number of hydrogen-bond acceptors (Lipinski definition) is 3. The van der Waals surface area contributed by atoms with Gasteiger partial charge in [0.05, 0.1) is 17.1 Å². The Morgan fingerprint density at radius 2 is 1.92 bits per heavy atom. The van der Waals surface area contributed by atoms with Crippen LogP contribution in [0, 0.1) is 20.8 Å². The molecule has 0 aliphatic carbocycles. The normalized spacial score (nSPS) is 11.9. The Kier molecular flexibility index (Phi) is 5.39. The van der Waals surface area contributed by atoms with Crippen LogP contribution in [0.15, 0.2) is 24.3 Å². The van der Waals surface area contributed by atoms with Crippen LogP contribution in [0.3, 0.4) is 0 Å². The van der Waals surface area contributed by atoms with E-state index in [1.807, 2.05) is 39.0 Å². The minimum absolute atomic E-state index is 0.128. The predicted octanol–water partition coefficient (Wildman–Crippen LogP) is 2.20. The van der Waals surface area contributed by atoms with E-state index in [2.05, 4.69) is 21.8 Å². The maximum absolute atomic E-state index is 12.1. The number of anilines is 1. The van der Waals surface area contributed by atoms with Gasteiger partial charge < -0.3 is 10.6 Å². The third-order valence-electron chi connectivity index (χ3n) is 4.13. The summed E-state index contributed by atoms with van der Waals surface area (Å²) in [6, 6.07) is 8.12. The number of rotatable bonds is 4. The highest BCUT2D eigenvalue weighted by molar-refractivity contribution is 6.39. The van der Waals surface area contributed by atoms with E-state index < -0.39 is 11.8 Å². The van der Waals surface area contributed by atoms with Gasteiger partial charge in [0.2, 0.25) is 0 Å². The summed E-state index contributed by atoms with van der Waals surface area (Å²) in [5.41, 5.74) is 4.39. The second-order valence-corrected chi connectivity index (χ2v) is 6.15. The van der Waals surface area contributed by atoms with Crippen molar-refractivity contribution in [2.75, 3.05) is 11.9 Å². The van der Waals surface area contributed by atoms with Gasteiger partial charge in [-0.15, -0.1) is 0 Å². The molecular formula is C18H24N4O2. The number of nitrogens with zero attached hydrogens (tertiary/aromatic N) is 2. The molecule has 0 spiro atoms. The lowest BCUT2D eigenvalue weighted by atomic mass is 9.99. The molecule has 0 aliphatic heterocycles. The minimum atomic E-state index is -0.675. The van der Waals surface area contributed by atoms with E-state index >= 15 is 0 Å². The molecule has 24 heavy (non-hydrogen) atoms. The molecule has 0 unspecified atom stereocenters. The number of amides is 2. The van der Waals surface area contributed by atoms with Crippen molar-refractivity contribution in [3.05, 3.63) is 46.8 Å². The van der Waals surface area contributed by atoms with Crippen LogP contribution in [0.4, 0.5) is 5.69 Å². The van der Waals surface area contributed by atoms with Crippen molar-refractivity contribution in [2.45, 2.75) is 33.6 Å². The smallest absolute Gasteiger partial charge is 0.313 e. The summed E-state index contributed by atoms with van der Waals surface area (Å²) in [5.74, 6) is -1.19. The summed E-state index contributed by atoms with van der Waals surface area (Å²) in [7, 11) is 1.79. The van der Waals surface area contributed by atoms with E-state index in [-0.39, 0.29) is 5.92 Å². The Morgan fingerprint density at radius 1 is 1.21 bits per heavy atom. The first kappa shape index (κ1) is 17.7. The topological polar surface area (TPSA) is 76.0 Å². The Bertz CT molecular complexity index is 764. The van der Waals surface area contributed by atoms with Crippen molar-refractivity contribution in [1.82, 2.24) is 15.1 Å². The van der Waals surface area contributed by atoms with Gasteiger partial charge in [0, 0.05) is 13.6 Å². The van der Waals surface area contributed by atoms with Crippen molar-refractivity contribution in [3.63, 3.8) is 0 Å². The van der Waals surface area contributed by atoms with E-state index in [1.165, 1.54) is 5.56 Å². The van der Waals surface area contributed by atoms with Gasteiger partial charge in [-0.25, -0.2) is 0 Å². The lowest BCUT2D eigenvalue weighted by Gasteiger charge is -2.13. The highest BCUT2D eigenvalue weighted by Gasteiger charge is 2.19. The first-order valence-corrected chi connectivity index (χ1v) is 7.95. The van der Waals surface area contributed by atoms with E-state index in [4.69, 9.17) is 0 Å². The molecule has 2 rings (SSSR count). The van der Waals surface area contributed by atoms with Crippen LogP contribution in [-0.2, 0) is 16.6 Å². The van der Waals surface area contributed by atoms with E-state index in [9.17, 15) is 9.59 Å². The average Bonchev–Trinajstić information content (AvgIpc) is 2.78. The number of aromatic nitrogens is 2. The molecule has 0 bridgehead atoms. The predicted molar refractivity (Wildman–Crippen MR) is 93.9 cm³/mol. The second-order valence-electron chi connectivity index (χ2n) is 6.15. The maximum Gasteiger partial charge on any atom is 0.313 e. The van der Waals surface area contributed by atoms with Crippen molar-refractivity contribution < 1.29 is 9.59 Å². The van der Waals surface area contributed by atoms with Crippen molar-refractivity contribution in [1.29, 1.82) is 0 Å². The van der Waals surface area contributed by atoms with Gasteiger partial charge in [0.1, 0.15) is 0 Å². The van der Waals surface area contributed by atoms with Gasteiger partial charge >= 0.3 is 11.8 Å². The SMILES string of the molecule is Cc1cccc([C@@H](C)CNC(=O)C(=O)Nc2c(C)nn(C)c2C)c1. The van der Waals surface area contributed by atoms with Crippen LogP contribution < -0.4 is 10.6 Å². The Morgan fingerprint density at radius 3 is 2.50 bits per heavy atom. The van der Waals surface area contributed by atoms with Gasteiger partial charge in [-0.3, -0.25) is 14.3 Å². The molecule has 0 fully saturated rings. The standard InChI is InChI=1S/C18H24N4O2/c1-11-7-6-8-15(9-11)12(2)10-19-17(23)18(24)20-16-13(3)21-22(5)14(16)4/h6-9,12H,10H2,1-5H3,(H,19,23)(H,20,24)/t12-/m0/s1. The number of carbonyl (C=O) groups is 2. The van der Waals surface area contributed by atoms with Crippen molar-refractivity contribution >= 4 is 17.5 Å². The highest BCUT2D eigenvalue weighted by atomic mass is 16.2. The molecule has 0 saturated carbocycles. The fraction of sp³-hybridized carbons (Fsp3) is 0.389. The van der Waals surface area contributed by atoms with Gasteiger partial charge in [-0.05, 0) is 32.3 Å². The molecule has 1 aromatic carbocycles. The Balaban J connectivity index is 1.93. The zero-order valence-corrected chi connectivity index (χ0v) is 14.8. The molecule has 6 heteroatoms. The quantitative estimate of drug-likeness (QED) is 0.845. The van der Waals surface area contributed by atoms with Crippen LogP contribution in [0.25, 0.3) is 0 Å². The lowest BCUT2D eigenvalue weighted by molar-refractivity contribution is -0.136. The summed E-state index contributed by atoms with van der Waals surface area (Å²) in [5, 5.41) is 9.54. The summed E-state index contributed by atoms with van der Waals surface area (Å²) in [4.78, 5) is 24.1. The third-order valence-corrected chi connectivity index (χ3v) is 4.13. The van der Waals surface area contributed by atoms with Crippen molar-refractivity contribution in [3.8, 4) is 0 Å². The summed E-state index contributed by atoms with van der Waals surface area (Å²) in [6.07, 6.45) is 0. The van der Waals surface area contributed by atoms with Gasteiger partial charge in [-0.1, -0.05) is 36.8 Å². The number of hydrogen-bond donors (Lipinski definition) is 2. The first-order valence-electron chi connectivity index (χ1n) is 7.95. The van der Waals surface area contributed by atoms with Gasteiger partial charge in [0.15, 0.2) is 0 Å². The zero-order chi connectivity index (χ0) is 17.9. The number of aryl methyl sites for hydroxylation is 3. The largest absolute Gasteiger partial charge is 0.347 e. The third kappa shape index (κ3) is 4.01. The molecule has 1 aromatic heterocycles. The minimum Gasteiger partial charge on any atom is -0.347 e. The first-order chi connectivity index (χ1) is 11.3. The molecular weight excluding hydrogens is 304 g/mol.